The van der Waals surface area contributed by atoms with Gasteiger partial charge in [-0.25, -0.2) is 0 Å². The summed E-state index contributed by atoms with van der Waals surface area (Å²) >= 11 is 0. The van der Waals surface area contributed by atoms with E-state index in [4.69, 9.17) is 4.74 Å². The summed E-state index contributed by atoms with van der Waals surface area (Å²) in [7, 11) is 0. The van der Waals surface area contributed by atoms with Gasteiger partial charge in [-0.05, 0) is 19.3 Å². The van der Waals surface area contributed by atoms with Crippen molar-refractivity contribution in [2.24, 2.45) is 5.92 Å². The third-order valence-electron chi connectivity index (χ3n) is 2.05. The van der Waals surface area contributed by atoms with Crippen LogP contribution in [0, 0.1) is 17.8 Å². The fourth-order valence-corrected chi connectivity index (χ4v) is 1.31. The summed E-state index contributed by atoms with van der Waals surface area (Å²) in [5.41, 5.74) is 0. The molecule has 0 radical (unpaired) electrons. The topological polar surface area (TPSA) is 38.3 Å². The first-order chi connectivity index (χ1) is 6.33. The minimum Gasteiger partial charge on any atom is -0.381 e. The average Bonchev–Trinajstić information content (AvgIpc) is 2.57. The molecule has 0 saturated carbocycles. The Bertz CT molecular complexity index is 221. The zero-order valence-corrected chi connectivity index (χ0v) is 7.93. The molecule has 0 aromatic heterocycles. The van der Waals surface area contributed by atoms with Gasteiger partial charge in [-0.15, -0.1) is 5.92 Å². The predicted molar refractivity (Wildman–Crippen MR) is 50.0 cm³/mol. The quantitative estimate of drug-likeness (QED) is 0.646. The van der Waals surface area contributed by atoms with Gasteiger partial charge in [0.2, 0.25) is 5.91 Å². The summed E-state index contributed by atoms with van der Waals surface area (Å²) in [5, 5.41) is 2.74. The van der Waals surface area contributed by atoms with Crippen LogP contribution < -0.4 is 5.32 Å². The third-order valence-corrected chi connectivity index (χ3v) is 2.05. The molecule has 0 spiro atoms. The number of carbonyl (C=O) groups is 1. The highest BCUT2D eigenvalue weighted by Crippen LogP contribution is 2.15. The summed E-state index contributed by atoms with van der Waals surface area (Å²) in [4.78, 5) is 11.2. The SMILES string of the molecule is CC#CCNC(=O)CC1CCOC1. The summed E-state index contributed by atoms with van der Waals surface area (Å²) in [5.74, 6) is 6.01. The van der Waals surface area contributed by atoms with Crippen molar-refractivity contribution in [1.82, 2.24) is 5.32 Å². The van der Waals surface area contributed by atoms with Crippen LogP contribution in [0.5, 0.6) is 0 Å². The van der Waals surface area contributed by atoms with Gasteiger partial charge < -0.3 is 10.1 Å². The lowest BCUT2D eigenvalue weighted by Crippen LogP contribution is -2.25. The Balaban J connectivity index is 2.11. The van der Waals surface area contributed by atoms with E-state index in [2.05, 4.69) is 17.2 Å². The number of hydrogen-bond acceptors (Lipinski definition) is 2. The maximum Gasteiger partial charge on any atom is 0.221 e. The Hall–Kier alpha value is -1.01. The minimum absolute atomic E-state index is 0.0817. The lowest BCUT2D eigenvalue weighted by atomic mass is 10.1. The fraction of sp³-hybridized carbons (Fsp3) is 0.700. The highest BCUT2D eigenvalue weighted by Gasteiger charge is 2.18. The smallest absolute Gasteiger partial charge is 0.221 e. The normalized spacial score (nSPS) is 20.5. The van der Waals surface area contributed by atoms with Gasteiger partial charge in [0.15, 0.2) is 0 Å². The molecule has 1 atom stereocenters. The van der Waals surface area contributed by atoms with Crippen LogP contribution in [0.25, 0.3) is 0 Å². The van der Waals surface area contributed by atoms with Crippen molar-refractivity contribution in [3.63, 3.8) is 0 Å². The van der Waals surface area contributed by atoms with Crippen molar-refractivity contribution >= 4 is 5.91 Å². The minimum atomic E-state index is 0.0817. The molecule has 1 saturated heterocycles. The summed E-state index contributed by atoms with van der Waals surface area (Å²) in [6.07, 6.45) is 1.58. The van der Waals surface area contributed by atoms with Crippen LogP contribution >= 0.6 is 0 Å². The van der Waals surface area contributed by atoms with Crippen molar-refractivity contribution in [2.75, 3.05) is 19.8 Å². The molecule has 72 valence electrons. The summed E-state index contributed by atoms with van der Waals surface area (Å²) in [6, 6.07) is 0. The standard InChI is InChI=1S/C10H15NO2/c1-2-3-5-11-10(12)7-9-4-6-13-8-9/h9H,4-8H2,1H3,(H,11,12). The van der Waals surface area contributed by atoms with Crippen LogP contribution in [0.15, 0.2) is 0 Å². The average molecular weight is 181 g/mol. The van der Waals surface area contributed by atoms with Crippen molar-refractivity contribution in [3.05, 3.63) is 0 Å². The fourth-order valence-electron chi connectivity index (χ4n) is 1.31. The number of rotatable bonds is 3. The van der Waals surface area contributed by atoms with E-state index in [1.165, 1.54) is 0 Å². The molecule has 1 aliphatic rings. The van der Waals surface area contributed by atoms with Gasteiger partial charge >= 0.3 is 0 Å². The third kappa shape index (κ3) is 3.95. The Labute approximate surface area is 78.8 Å². The van der Waals surface area contributed by atoms with Gasteiger partial charge in [0.25, 0.3) is 0 Å². The van der Waals surface area contributed by atoms with Crippen molar-refractivity contribution < 1.29 is 9.53 Å². The predicted octanol–water partition coefficient (Wildman–Crippen LogP) is 0.552. The number of carbonyl (C=O) groups excluding carboxylic acids is 1. The summed E-state index contributed by atoms with van der Waals surface area (Å²) < 4.78 is 5.18. The highest BCUT2D eigenvalue weighted by molar-refractivity contribution is 5.76. The van der Waals surface area contributed by atoms with Crippen LogP contribution in [0.4, 0.5) is 0 Å². The van der Waals surface area contributed by atoms with Crippen LogP contribution in [-0.2, 0) is 9.53 Å². The van der Waals surface area contributed by atoms with Gasteiger partial charge in [0.05, 0.1) is 6.54 Å². The summed E-state index contributed by atoms with van der Waals surface area (Å²) in [6.45, 7) is 3.75. The first kappa shape index (κ1) is 10.1. The maximum absolute atomic E-state index is 11.2. The molecule has 3 nitrogen and oxygen atoms in total. The van der Waals surface area contributed by atoms with Gasteiger partial charge in [-0.2, -0.15) is 0 Å². The highest BCUT2D eigenvalue weighted by atomic mass is 16.5. The molecular formula is C10H15NO2. The molecule has 1 N–H and O–H groups in total. The lowest BCUT2D eigenvalue weighted by Gasteiger charge is -2.05. The van der Waals surface area contributed by atoms with Gasteiger partial charge in [-0.3, -0.25) is 4.79 Å². The Morgan fingerprint density at radius 1 is 1.69 bits per heavy atom. The van der Waals surface area contributed by atoms with Crippen LogP contribution in [0.2, 0.25) is 0 Å². The van der Waals surface area contributed by atoms with Gasteiger partial charge in [-0.1, -0.05) is 5.92 Å². The molecular weight excluding hydrogens is 166 g/mol. The zero-order valence-electron chi connectivity index (χ0n) is 7.93. The van der Waals surface area contributed by atoms with Crippen molar-refractivity contribution in [2.45, 2.75) is 19.8 Å². The second kappa shape index (κ2) is 5.60. The molecule has 0 aliphatic carbocycles. The van der Waals surface area contributed by atoms with E-state index in [0.717, 1.165) is 19.6 Å². The molecule has 13 heavy (non-hydrogen) atoms. The maximum atomic E-state index is 11.2. The monoisotopic (exact) mass is 181 g/mol. The van der Waals surface area contributed by atoms with Crippen molar-refractivity contribution in [3.8, 4) is 11.8 Å². The molecule has 1 aliphatic heterocycles. The molecule has 3 heteroatoms. The molecule has 1 unspecified atom stereocenters. The van der Waals surface area contributed by atoms with Crippen molar-refractivity contribution in [1.29, 1.82) is 0 Å². The zero-order chi connectivity index (χ0) is 9.52. The van der Waals surface area contributed by atoms with E-state index in [1.807, 2.05) is 0 Å². The largest absolute Gasteiger partial charge is 0.381 e. The Morgan fingerprint density at radius 3 is 3.15 bits per heavy atom. The molecule has 0 aromatic rings. The molecule has 0 aromatic carbocycles. The first-order valence-corrected chi connectivity index (χ1v) is 4.57. The van der Waals surface area contributed by atoms with Crippen LogP contribution in [0.3, 0.4) is 0 Å². The van der Waals surface area contributed by atoms with Gasteiger partial charge in [0, 0.05) is 19.6 Å². The first-order valence-electron chi connectivity index (χ1n) is 4.57. The number of nitrogens with one attached hydrogen (secondary N) is 1. The van der Waals surface area contributed by atoms with E-state index < -0.39 is 0 Å². The molecule has 0 bridgehead atoms. The molecule has 1 fully saturated rings. The van der Waals surface area contributed by atoms with E-state index in [9.17, 15) is 4.79 Å². The molecule has 1 rings (SSSR count). The van der Waals surface area contributed by atoms with Gasteiger partial charge in [0.1, 0.15) is 0 Å². The van der Waals surface area contributed by atoms with Crippen LogP contribution in [0.1, 0.15) is 19.8 Å². The second-order valence-corrected chi connectivity index (χ2v) is 3.14. The van der Waals surface area contributed by atoms with E-state index in [-0.39, 0.29) is 5.91 Å². The Kier molecular flexibility index (Phi) is 4.34. The lowest BCUT2D eigenvalue weighted by molar-refractivity contribution is -0.121. The van der Waals surface area contributed by atoms with E-state index >= 15 is 0 Å². The number of amides is 1. The molecule has 1 heterocycles. The number of ether oxygens (including phenoxy) is 1. The van der Waals surface area contributed by atoms with Crippen LogP contribution in [-0.4, -0.2) is 25.7 Å². The van der Waals surface area contributed by atoms with E-state index in [0.29, 0.717) is 18.9 Å². The van der Waals surface area contributed by atoms with E-state index in [1.54, 1.807) is 6.92 Å². The number of hydrogen-bond donors (Lipinski definition) is 1. The second-order valence-electron chi connectivity index (χ2n) is 3.14. The Morgan fingerprint density at radius 2 is 2.54 bits per heavy atom. The molecule has 1 amide bonds.